The zero-order valence-electron chi connectivity index (χ0n) is 13.6. The molecule has 1 atom stereocenters. The van der Waals surface area contributed by atoms with E-state index in [1.54, 1.807) is 12.1 Å². The van der Waals surface area contributed by atoms with Crippen molar-refractivity contribution in [1.29, 1.82) is 0 Å². The highest BCUT2D eigenvalue weighted by molar-refractivity contribution is 7.89. The third-order valence-corrected chi connectivity index (χ3v) is 4.96. The lowest BCUT2D eigenvalue weighted by atomic mass is 10.2. The Labute approximate surface area is 145 Å². The van der Waals surface area contributed by atoms with Crippen LogP contribution in [0.3, 0.4) is 0 Å². The number of aryl methyl sites for hydroxylation is 1. The molecule has 0 aliphatic heterocycles. The average molecular weight is 363 g/mol. The smallest absolute Gasteiger partial charge is 0.269 e. The maximum atomic E-state index is 12.3. The third kappa shape index (κ3) is 4.85. The molecule has 2 N–H and O–H groups in total. The molecule has 0 saturated carbocycles. The van der Waals surface area contributed by atoms with E-state index >= 15 is 0 Å². The molecule has 0 spiro atoms. The predicted molar refractivity (Wildman–Crippen MR) is 92.7 cm³/mol. The fraction of sp³-hybridized carbons (Fsp3) is 0.188. The van der Waals surface area contributed by atoms with Gasteiger partial charge in [0.2, 0.25) is 15.9 Å². The zero-order chi connectivity index (χ0) is 18.6. The normalized spacial score (nSPS) is 12.4. The van der Waals surface area contributed by atoms with Crippen LogP contribution in [-0.2, 0) is 14.8 Å². The Morgan fingerprint density at radius 2 is 1.64 bits per heavy atom. The Kier molecular flexibility index (Phi) is 5.50. The topological polar surface area (TPSA) is 118 Å². The number of amides is 1. The molecule has 132 valence electrons. The number of hydrogen-bond acceptors (Lipinski definition) is 5. The first-order valence-corrected chi connectivity index (χ1v) is 8.82. The molecule has 2 rings (SSSR count). The fourth-order valence-corrected chi connectivity index (χ4v) is 3.19. The minimum atomic E-state index is -3.83. The molecule has 2 aromatic rings. The molecule has 8 nitrogen and oxygen atoms in total. The standard InChI is InChI=1S/C16H17N3O5S/c1-11-3-9-15(10-4-11)25(23,24)18-12(2)16(20)17-13-5-7-14(8-6-13)19(21)22/h3-10,12,18H,1-2H3,(H,17,20). The van der Waals surface area contributed by atoms with Crippen molar-refractivity contribution >= 4 is 27.3 Å². The van der Waals surface area contributed by atoms with Gasteiger partial charge in [-0.15, -0.1) is 0 Å². The number of nitrogens with zero attached hydrogens (tertiary/aromatic N) is 1. The van der Waals surface area contributed by atoms with Crippen LogP contribution in [0.5, 0.6) is 0 Å². The molecule has 0 bridgehead atoms. The van der Waals surface area contributed by atoms with E-state index in [9.17, 15) is 23.3 Å². The molecule has 0 fully saturated rings. The maximum absolute atomic E-state index is 12.3. The van der Waals surface area contributed by atoms with Crippen LogP contribution in [0, 0.1) is 17.0 Å². The van der Waals surface area contributed by atoms with E-state index in [0.29, 0.717) is 5.69 Å². The molecule has 0 aromatic heterocycles. The van der Waals surface area contributed by atoms with Crippen LogP contribution in [0.1, 0.15) is 12.5 Å². The Balaban J connectivity index is 2.04. The van der Waals surface area contributed by atoms with Gasteiger partial charge < -0.3 is 5.32 Å². The molecule has 0 radical (unpaired) electrons. The predicted octanol–water partition coefficient (Wildman–Crippen LogP) is 2.21. The van der Waals surface area contributed by atoms with Crippen molar-refractivity contribution in [3.63, 3.8) is 0 Å². The van der Waals surface area contributed by atoms with Gasteiger partial charge in [0.15, 0.2) is 0 Å². The van der Waals surface area contributed by atoms with Gasteiger partial charge in [-0.3, -0.25) is 14.9 Å². The van der Waals surface area contributed by atoms with Crippen LogP contribution in [0.2, 0.25) is 0 Å². The number of nitro benzene ring substituents is 1. The Morgan fingerprint density at radius 3 is 2.16 bits per heavy atom. The summed E-state index contributed by atoms with van der Waals surface area (Å²) in [6.07, 6.45) is 0. The lowest BCUT2D eigenvalue weighted by Gasteiger charge is -2.14. The number of nitrogens with one attached hydrogen (secondary N) is 2. The molecule has 1 unspecified atom stereocenters. The number of sulfonamides is 1. The van der Waals surface area contributed by atoms with Gasteiger partial charge in [0.05, 0.1) is 15.9 Å². The number of anilines is 1. The molecular formula is C16H17N3O5S. The molecule has 9 heteroatoms. The highest BCUT2D eigenvalue weighted by atomic mass is 32.2. The highest BCUT2D eigenvalue weighted by Gasteiger charge is 2.22. The lowest BCUT2D eigenvalue weighted by molar-refractivity contribution is -0.384. The minimum Gasteiger partial charge on any atom is -0.325 e. The largest absolute Gasteiger partial charge is 0.325 e. The monoisotopic (exact) mass is 363 g/mol. The van der Waals surface area contributed by atoms with E-state index in [2.05, 4.69) is 10.0 Å². The quantitative estimate of drug-likeness (QED) is 0.602. The van der Waals surface area contributed by atoms with Gasteiger partial charge in [-0.2, -0.15) is 4.72 Å². The van der Waals surface area contributed by atoms with Crippen LogP contribution in [0.25, 0.3) is 0 Å². The Morgan fingerprint density at radius 1 is 1.08 bits per heavy atom. The molecule has 0 heterocycles. The van der Waals surface area contributed by atoms with Crippen molar-refractivity contribution in [3.8, 4) is 0 Å². The van der Waals surface area contributed by atoms with Gasteiger partial charge in [0, 0.05) is 17.8 Å². The van der Waals surface area contributed by atoms with Crippen LogP contribution >= 0.6 is 0 Å². The van der Waals surface area contributed by atoms with E-state index in [-0.39, 0.29) is 10.6 Å². The number of non-ortho nitro benzene ring substituents is 1. The van der Waals surface area contributed by atoms with Gasteiger partial charge in [0.25, 0.3) is 5.69 Å². The van der Waals surface area contributed by atoms with Crippen molar-refractivity contribution in [3.05, 3.63) is 64.2 Å². The fourth-order valence-electron chi connectivity index (χ4n) is 1.99. The molecule has 25 heavy (non-hydrogen) atoms. The van der Waals surface area contributed by atoms with Crippen molar-refractivity contribution in [2.75, 3.05) is 5.32 Å². The number of benzene rings is 2. The summed E-state index contributed by atoms with van der Waals surface area (Å²) in [5.74, 6) is -0.579. The second kappa shape index (κ2) is 7.41. The molecule has 2 aromatic carbocycles. The van der Waals surface area contributed by atoms with Crippen LogP contribution < -0.4 is 10.0 Å². The summed E-state index contributed by atoms with van der Waals surface area (Å²) >= 11 is 0. The summed E-state index contributed by atoms with van der Waals surface area (Å²) in [5, 5.41) is 13.1. The lowest BCUT2D eigenvalue weighted by Crippen LogP contribution is -2.41. The van der Waals surface area contributed by atoms with Gasteiger partial charge in [-0.25, -0.2) is 8.42 Å². The van der Waals surface area contributed by atoms with Gasteiger partial charge in [-0.1, -0.05) is 17.7 Å². The number of rotatable bonds is 6. The van der Waals surface area contributed by atoms with Gasteiger partial charge >= 0.3 is 0 Å². The minimum absolute atomic E-state index is 0.0630. The molecule has 0 saturated heterocycles. The van der Waals surface area contributed by atoms with E-state index < -0.39 is 26.9 Å². The highest BCUT2D eigenvalue weighted by Crippen LogP contribution is 2.16. The second-order valence-corrected chi connectivity index (χ2v) is 7.16. The first-order chi connectivity index (χ1) is 11.7. The molecule has 1 amide bonds. The van der Waals surface area contributed by atoms with E-state index in [0.717, 1.165) is 5.56 Å². The average Bonchev–Trinajstić information content (AvgIpc) is 2.55. The maximum Gasteiger partial charge on any atom is 0.269 e. The number of carbonyl (C=O) groups is 1. The first-order valence-electron chi connectivity index (χ1n) is 7.33. The third-order valence-electron chi connectivity index (χ3n) is 3.40. The number of carbonyl (C=O) groups excluding carboxylic acids is 1. The van der Waals surface area contributed by atoms with E-state index in [4.69, 9.17) is 0 Å². The zero-order valence-corrected chi connectivity index (χ0v) is 14.4. The summed E-state index contributed by atoms with van der Waals surface area (Å²) in [6.45, 7) is 3.25. The van der Waals surface area contributed by atoms with E-state index in [1.807, 2.05) is 6.92 Å². The second-order valence-electron chi connectivity index (χ2n) is 5.45. The molecule has 0 aliphatic carbocycles. The van der Waals surface area contributed by atoms with E-state index in [1.165, 1.54) is 43.3 Å². The summed E-state index contributed by atoms with van der Waals surface area (Å²) in [6, 6.07) is 10.5. The van der Waals surface area contributed by atoms with Crippen molar-refractivity contribution in [1.82, 2.24) is 4.72 Å². The van der Waals surface area contributed by atoms with Crippen molar-refractivity contribution < 1.29 is 18.1 Å². The number of nitro groups is 1. The SMILES string of the molecule is Cc1ccc(S(=O)(=O)NC(C)C(=O)Nc2ccc([N+](=O)[O-])cc2)cc1. The van der Waals surface area contributed by atoms with Crippen LogP contribution in [0.4, 0.5) is 11.4 Å². The molecule has 0 aliphatic rings. The molecular weight excluding hydrogens is 346 g/mol. The van der Waals surface area contributed by atoms with Crippen LogP contribution in [0.15, 0.2) is 53.4 Å². The Bertz CT molecular complexity index is 877. The summed E-state index contributed by atoms with van der Waals surface area (Å²) in [4.78, 5) is 22.2. The summed E-state index contributed by atoms with van der Waals surface area (Å²) in [5.41, 5.74) is 1.14. The van der Waals surface area contributed by atoms with Gasteiger partial charge in [0.1, 0.15) is 0 Å². The van der Waals surface area contributed by atoms with Crippen molar-refractivity contribution in [2.45, 2.75) is 24.8 Å². The summed E-state index contributed by atoms with van der Waals surface area (Å²) in [7, 11) is -3.83. The Hall–Kier alpha value is -2.78. The first kappa shape index (κ1) is 18.6. The van der Waals surface area contributed by atoms with Crippen LogP contribution in [-0.4, -0.2) is 25.3 Å². The summed E-state index contributed by atoms with van der Waals surface area (Å²) < 4.78 is 26.8. The van der Waals surface area contributed by atoms with Gasteiger partial charge in [-0.05, 0) is 38.1 Å². The number of hydrogen-bond donors (Lipinski definition) is 2. The van der Waals surface area contributed by atoms with Crippen molar-refractivity contribution in [2.24, 2.45) is 0 Å².